The number of allylic oxidation sites excluding steroid dienone is 2. The second kappa shape index (κ2) is 18.5. The van der Waals surface area contributed by atoms with Gasteiger partial charge in [-0.15, -0.1) is 34.9 Å². The first kappa shape index (κ1) is 42.9. The molecule has 1 radical (unpaired) electrons. The van der Waals surface area contributed by atoms with Gasteiger partial charge in [0.05, 0.1) is 5.76 Å². The number of carbonyl (C=O) groups is 1. The van der Waals surface area contributed by atoms with E-state index >= 15 is 0 Å². The van der Waals surface area contributed by atoms with Crippen LogP contribution in [0.15, 0.2) is 72.6 Å². The van der Waals surface area contributed by atoms with Crippen molar-refractivity contribution >= 4 is 29.2 Å². The minimum absolute atomic E-state index is 0. The maximum Gasteiger partial charge on any atom is 0.324 e. The Kier molecular flexibility index (Phi) is 15.3. The zero-order chi connectivity index (χ0) is 37.6. The number of hydrogen-bond acceptors (Lipinski definition) is 4. The van der Waals surface area contributed by atoms with Crippen molar-refractivity contribution in [1.82, 2.24) is 4.98 Å². The van der Waals surface area contributed by atoms with Crippen molar-refractivity contribution in [3.05, 3.63) is 107 Å². The fraction of sp³-hybridized carbons (Fsp3) is 0.435. The predicted molar refractivity (Wildman–Crippen MR) is 220 cm³/mol. The van der Waals surface area contributed by atoms with Gasteiger partial charge in [0.2, 0.25) is 0 Å². The molecule has 1 aliphatic rings. The van der Waals surface area contributed by atoms with Crippen molar-refractivity contribution in [2.75, 3.05) is 11.9 Å². The van der Waals surface area contributed by atoms with E-state index in [1.54, 1.807) is 0 Å². The summed E-state index contributed by atoms with van der Waals surface area (Å²) in [6, 6.07) is 23.9. The number of carbonyl (C=O) groups excluding carboxylic acids is 1. The molecule has 0 fully saturated rings. The van der Waals surface area contributed by atoms with Gasteiger partial charge in [-0.3, -0.25) is 4.79 Å². The molecule has 6 heteroatoms. The van der Waals surface area contributed by atoms with Crippen molar-refractivity contribution in [2.45, 2.75) is 108 Å². The molecule has 0 amide bonds. The number of anilines is 1. The number of rotatable bonds is 10. The summed E-state index contributed by atoms with van der Waals surface area (Å²) in [7, 11) is 2.24. The zero-order valence-corrected chi connectivity index (χ0v) is 36.1. The number of aryl methyl sites for hydroxylation is 4. The van der Waals surface area contributed by atoms with Gasteiger partial charge >= 0.3 is 6.85 Å². The molecule has 52 heavy (non-hydrogen) atoms. The van der Waals surface area contributed by atoms with E-state index in [0.29, 0.717) is 0 Å². The smallest absolute Gasteiger partial charge is 0.324 e. The Hall–Kier alpha value is -3.47. The first-order valence-electron chi connectivity index (χ1n) is 19.0. The van der Waals surface area contributed by atoms with Gasteiger partial charge in [0, 0.05) is 49.9 Å². The van der Waals surface area contributed by atoms with E-state index in [9.17, 15) is 9.90 Å². The number of pyridine rings is 1. The van der Waals surface area contributed by atoms with Crippen molar-refractivity contribution in [2.24, 2.45) is 17.3 Å². The molecular weight excluding hydrogens is 816 g/mol. The van der Waals surface area contributed by atoms with Crippen LogP contribution in [0.25, 0.3) is 22.4 Å². The van der Waals surface area contributed by atoms with E-state index in [1.165, 1.54) is 56.1 Å². The second-order valence-corrected chi connectivity index (χ2v) is 15.8. The molecule has 279 valence electrons. The van der Waals surface area contributed by atoms with E-state index in [1.807, 2.05) is 33.9 Å². The van der Waals surface area contributed by atoms with Crippen LogP contribution in [0, 0.1) is 51.0 Å². The maximum atomic E-state index is 11.7. The number of aliphatic hydroxyl groups is 1. The summed E-state index contributed by atoms with van der Waals surface area (Å²) in [5.41, 5.74) is 15.2. The molecule has 0 aliphatic carbocycles. The van der Waals surface area contributed by atoms with E-state index in [-0.39, 0.29) is 55.7 Å². The monoisotopic (exact) mass is 876 g/mol. The third-order valence-corrected chi connectivity index (χ3v) is 10.4. The Bertz CT molecular complexity index is 1830. The van der Waals surface area contributed by atoms with Crippen LogP contribution in [0.3, 0.4) is 0 Å². The normalized spacial score (nSPS) is 12.6. The van der Waals surface area contributed by atoms with Gasteiger partial charge in [0.1, 0.15) is 0 Å². The van der Waals surface area contributed by atoms with Crippen molar-refractivity contribution in [3.8, 4) is 22.4 Å². The number of ketones is 1. The second-order valence-electron chi connectivity index (χ2n) is 15.8. The molecule has 4 aromatic rings. The standard InChI is InChI=1S/C33H36BN2.C13H24O2.Ir/c1-21-16-22(2)18-26(17-21)32-30-27-13-12-25(20-33(5,6)7)19-28(27)34(36(8)29(30)14-15-35-32)31-23(3)10-9-11-24(31)4;1-5-10(6-2)12(14)9-13(15)11(7-3)8-4;/h9-17,19H,20H2,1-8H3;9-11,14H,5-8H2,1-4H3;/q-1;;/b;12-9-;. The summed E-state index contributed by atoms with van der Waals surface area (Å²) < 4.78 is 0. The van der Waals surface area contributed by atoms with Crippen LogP contribution >= 0.6 is 0 Å². The number of hydrogen-bond donors (Lipinski definition) is 1. The number of aromatic nitrogens is 1. The van der Waals surface area contributed by atoms with Gasteiger partial charge in [0.15, 0.2) is 5.78 Å². The van der Waals surface area contributed by atoms with E-state index in [2.05, 4.69) is 121 Å². The van der Waals surface area contributed by atoms with Crippen LogP contribution in [0.1, 0.15) is 102 Å². The van der Waals surface area contributed by atoms with Gasteiger partial charge in [0.25, 0.3) is 0 Å². The molecule has 0 atom stereocenters. The number of benzene rings is 3. The molecule has 0 saturated heterocycles. The molecule has 0 saturated carbocycles. The summed E-state index contributed by atoms with van der Waals surface area (Å²) in [5, 5.41) is 9.76. The largest absolute Gasteiger partial charge is 0.512 e. The zero-order valence-electron chi connectivity index (χ0n) is 33.7. The molecule has 0 spiro atoms. The number of nitrogens with zero attached hydrogens (tertiary/aromatic N) is 2. The Morgan fingerprint density at radius 2 is 1.52 bits per heavy atom. The van der Waals surface area contributed by atoms with Gasteiger partial charge in [-0.1, -0.05) is 110 Å². The summed E-state index contributed by atoms with van der Waals surface area (Å²) in [4.78, 5) is 19.1. The van der Waals surface area contributed by atoms with Crippen molar-refractivity contribution in [3.63, 3.8) is 0 Å². The molecular formula is C46H60BIrN2O2-. The first-order chi connectivity index (χ1) is 24.1. The molecule has 1 aliphatic heterocycles. The summed E-state index contributed by atoms with van der Waals surface area (Å²) in [6.45, 7) is 23.9. The van der Waals surface area contributed by atoms with Crippen molar-refractivity contribution < 1.29 is 30.0 Å². The fourth-order valence-electron chi connectivity index (χ4n) is 7.76. The summed E-state index contributed by atoms with van der Waals surface area (Å²) in [6.07, 6.45) is 7.90. The van der Waals surface area contributed by atoms with Crippen LogP contribution < -0.4 is 15.7 Å². The average Bonchev–Trinajstić information content (AvgIpc) is 3.06. The fourth-order valence-corrected chi connectivity index (χ4v) is 7.76. The molecule has 2 heterocycles. The Labute approximate surface area is 329 Å². The molecule has 3 aromatic carbocycles. The topological polar surface area (TPSA) is 53.4 Å². The third kappa shape index (κ3) is 9.94. The molecule has 1 aromatic heterocycles. The van der Waals surface area contributed by atoms with Gasteiger partial charge < -0.3 is 14.9 Å². The van der Waals surface area contributed by atoms with Crippen LogP contribution in [0.5, 0.6) is 0 Å². The Morgan fingerprint density at radius 1 is 0.904 bits per heavy atom. The molecule has 5 rings (SSSR count). The van der Waals surface area contributed by atoms with Crippen LogP contribution in [0.2, 0.25) is 0 Å². The Balaban J connectivity index is 0.000000389. The number of fused-ring (bicyclic) bond motifs is 3. The number of aliphatic hydroxyl groups excluding tert-OH is 1. The minimum Gasteiger partial charge on any atom is -0.512 e. The van der Waals surface area contributed by atoms with Crippen LogP contribution in [-0.2, 0) is 31.3 Å². The van der Waals surface area contributed by atoms with Crippen molar-refractivity contribution in [1.29, 1.82) is 0 Å². The third-order valence-electron chi connectivity index (χ3n) is 10.4. The average molecular weight is 876 g/mol. The molecule has 0 unspecified atom stereocenters. The Morgan fingerprint density at radius 3 is 2.08 bits per heavy atom. The summed E-state index contributed by atoms with van der Waals surface area (Å²) >= 11 is 0. The van der Waals surface area contributed by atoms with Crippen LogP contribution in [-0.4, -0.2) is 29.8 Å². The van der Waals surface area contributed by atoms with Crippen LogP contribution in [0.4, 0.5) is 5.69 Å². The SMILES string of the molecule is CCC(CC)C(=O)/C=C(\O)C(CC)CC.Cc1[c-]c(-c2nccc3c2-c2ccc(CC(C)(C)C)cc2B(c2c(C)cccc2C)N3C)cc(C)c1.[Ir]. The summed E-state index contributed by atoms with van der Waals surface area (Å²) in [5.74, 6) is 0.547. The maximum absolute atomic E-state index is 11.7. The van der Waals surface area contributed by atoms with Gasteiger partial charge in [-0.05, 0) is 97.8 Å². The predicted octanol–water partition coefficient (Wildman–Crippen LogP) is 10.5. The molecule has 1 N–H and O–H groups in total. The van der Waals surface area contributed by atoms with E-state index < -0.39 is 0 Å². The van der Waals surface area contributed by atoms with E-state index in [0.717, 1.165) is 48.9 Å². The van der Waals surface area contributed by atoms with E-state index in [4.69, 9.17) is 4.98 Å². The first-order valence-corrected chi connectivity index (χ1v) is 19.0. The quantitative estimate of drug-likeness (QED) is 0.0747. The van der Waals surface area contributed by atoms with Gasteiger partial charge in [-0.25, -0.2) is 0 Å². The molecule has 0 bridgehead atoms. The minimum atomic E-state index is 0. The molecule has 4 nitrogen and oxygen atoms in total. The van der Waals surface area contributed by atoms with Gasteiger partial charge in [-0.2, -0.15) is 0 Å².